The summed E-state index contributed by atoms with van der Waals surface area (Å²) in [7, 11) is 0. The average molecular weight is 439 g/mol. The largest absolute Gasteiger partial charge is 0.456 e. The van der Waals surface area contributed by atoms with E-state index in [2.05, 4.69) is 20.3 Å². The Morgan fingerprint density at radius 2 is 2.03 bits per heavy atom. The van der Waals surface area contributed by atoms with Crippen LogP contribution in [0.3, 0.4) is 0 Å². The molecule has 1 aromatic carbocycles. The number of imidazole rings is 1. The number of aromatic amines is 1. The van der Waals surface area contributed by atoms with E-state index < -0.39 is 29.9 Å². The second-order valence-corrected chi connectivity index (χ2v) is 7.55. The van der Waals surface area contributed by atoms with Crippen LogP contribution < -0.4 is 10.1 Å². The third-order valence-electron chi connectivity index (χ3n) is 5.10. The summed E-state index contributed by atoms with van der Waals surface area (Å²) in [5.41, 5.74) is 1.02. The molecule has 2 fully saturated rings. The van der Waals surface area contributed by atoms with Crippen molar-refractivity contribution in [3.8, 4) is 6.01 Å². The highest BCUT2D eigenvalue weighted by Crippen LogP contribution is 2.31. The van der Waals surface area contributed by atoms with Gasteiger partial charge < -0.3 is 29.6 Å². The van der Waals surface area contributed by atoms with Crippen molar-refractivity contribution in [1.82, 2.24) is 15.0 Å². The van der Waals surface area contributed by atoms with E-state index >= 15 is 0 Å². The summed E-state index contributed by atoms with van der Waals surface area (Å²) >= 11 is 6.26. The predicted octanol–water partition coefficient (Wildman–Crippen LogP) is 2.41. The first kappa shape index (κ1) is 19.4. The number of aliphatic hydroxyl groups is 1. The number of pyridine rings is 1. The SMILES string of the molecule is O[C@@H]1COC2C1OC[C@H]2Oc1nc2nc(NCc3cc(F)ccc3F)c(Cl)cc2[nH]1. The van der Waals surface area contributed by atoms with Crippen molar-refractivity contribution >= 4 is 28.6 Å². The minimum absolute atomic E-state index is 0.00224. The molecule has 2 unspecified atom stereocenters. The summed E-state index contributed by atoms with van der Waals surface area (Å²) in [4.78, 5) is 11.6. The van der Waals surface area contributed by atoms with E-state index in [0.717, 1.165) is 18.2 Å². The summed E-state index contributed by atoms with van der Waals surface area (Å²) < 4.78 is 44.1. The second-order valence-electron chi connectivity index (χ2n) is 7.14. The highest BCUT2D eigenvalue weighted by Gasteiger charge is 2.48. The van der Waals surface area contributed by atoms with Crippen LogP contribution in [-0.2, 0) is 16.0 Å². The molecule has 4 atom stereocenters. The Balaban J connectivity index is 1.32. The molecule has 0 spiro atoms. The van der Waals surface area contributed by atoms with Gasteiger partial charge >= 0.3 is 0 Å². The van der Waals surface area contributed by atoms with E-state index in [-0.39, 0.29) is 48.3 Å². The molecule has 2 aliphatic rings. The smallest absolute Gasteiger partial charge is 0.296 e. The maximum absolute atomic E-state index is 13.8. The van der Waals surface area contributed by atoms with E-state index in [4.69, 9.17) is 25.8 Å². The highest BCUT2D eigenvalue weighted by atomic mass is 35.5. The first-order valence-electron chi connectivity index (χ1n) is 9.30. The molecule has 2 aliphatic heterocycles. The van der Waals surface area contributed by atoms with Crippen molar-refractivity contribution in [3.05, 3.63) is 46.5 Å². The van der Waals surface area contributed by atoms with Crippen LogP contribution in [0.1, 0.15) is 5.56 Å². The molecule has 0 amide bonds. The van der Waals surface area contributed by atoms with Crippen molar-refractivity contribution < 1.29 is 28.1 Å². The number of hydrogen-bond donors (Lipinski definition) is 3. The zero-order valence-corrected chi connectivity index (χ0v) is 16.2. The average Bonchev–Trinajstić information content (AvgIpc) is 3.39. The van der Waals surface area contributed by atoms with Crippen LogP contribution in [0, 0.1) is 11.6 Å². The van der Waals surface area contributed by atoms with Crippen molar-refractivity contribution in [2.75, 3.05) is 18.5 Å². The predicted molar refractivity (Wildman–Crippen MR) is 102 cm³/mol. The molecule has 3 aromatic rings. The van der Waals surface area contributed by atoms with Crippen molar-refractivity contribution in [1.29, 1.82) is 0 Å². The number of ether oxygens (including phenoxy) is 3. The summed E-state index contributed by atoms with van der Waals surface area (Å²) in [6, 6.07) is 5.04. The summed E-state index contributed by atoms with van der Waals surface area (Å²) in [5, 5.41) is 13.0. The third kappa shape index (κ3) is 3.56. The Hall–Kier alpha value is -2.53. The second kappa shape index (κ2) is 7.62. The zero-order valence-electron chi connectivity index (χ0n) is 15.4. The van der Waals surface area contributed by atoms with Crippen molar-refractivity contribution in [2.24, 2.45) is 0 Å². The van der Waals surface area contributed by atoms with Gasteiger partial charge in [-0.25, -0.2) is 13.8 Å². The lowest BCUT2D eigenvalue weighted by Crippen LogP contribution is -2.34. The lowest BCUT2D eigenvalue weighted by molar-refractivity contribution is 0.00706. The zero-order chi connectivity index (χ0) is 20.8. The number of nitrogens with one attached hydrogen (secondary N) is 2. The summed E-state index contributed by atoms with van der Waals surface area (Å²) in [5.74, 6) is -0.793. The number of benzene rings is 1. The number of aliphatic hydroxyl groups excluding tert-OH is 1. The normalized spacial score (nSPS) is 25.6. The maximum Gasteiger partial charge on any atom is 0.296 e. The van der Waals surface area contributed by atoms with Crippen LogP contribution in [-0.4, -0.2) is 57.7 Å². The van der Waals surface area contributed by atoms with Crippen LogP contribution in [0.25, 0.3) is 11.2 Å². The molecule has 4 heterocycles. The van der Waals surface area contributed by atoms with Gasteiger partial charge in [0.1, 0.15) is 35.8 Å². The van der Waals surface area contributed by atoms with Crippen LogP contribution in [0.15, 0.2) is 24.3 Å². The number of anilines is 1. The Morgan fingerprint density at radius 3 is 2.90 bits per heavy atom. The minimum Gasteiger partial charge on any atom is -0.456 e. The van der Waals surface area contributed by atoms with Gasteiger partial charge in [0.25, 0.3) is 6.01 Å². The van der Waals surface area contributed by atoms with Gasteiger partial charge in [-0.3, -0.25) is 0 Å². The standard InChI is InChI=1S/C19H17ClF2N4O4/c20-10-4-12-18(25-17(10)23-5-8-3-9(21)1-2-11(8)22)26-19(24-12)30-14-7-29-15-13(27)6-28-16(14)15/h1-4,13-16,27H,5-7H2,(H2,23,24,25,26)/t13-,14-,15?,16?/m1/s1. The molecular weight excluding hydrogens is 422 g/mol. The van der Waals surface area contributed by atoms with Gasteiger partial charge in [-0.15, -0.1) is 0 Å². The Morgan fingerprint density at radius 1 is 1.20 bits per heavy atom. The molecule has 0 aliphatic carbocycles. The molecule has 0 bridgehead atoms. The molecule has 5 rings (SSSR count). The molecule has 11 heteroatoms. The van der Waals surface area contributed by atoms with E-state index in [1.807, 2.05) is 0 Å². The van der Waals surface area contributed by atoms with E-state index in [0.29, 0.717) is 11.2 Å². The first-order valence-corrected chi connectivity index (χ1v) is 9.68. The Bertz CT molecular complexity index is 1100. The molecule has 158 valence electrons. The minimum atomic E-state index is -0.670. The van der Waals surface area contributed by atoms with Crippen LogP contribution in [0.5, 0.6) is 6.01 Å². The Labute approximate surface area is 174 Å². The van der Waals surface area contributed by atoms with Crippen LogP contribution >= 0.6 is 11.6 Å². The fourth-order valence-electron chi connectivity index (χ4n) is 3.62. The van der Waals surface area contributed by atoms with Crippen LogP contribution in [0.4, 0.5) is 14.6 Å². The number of hydrogen-bond acceptors (Lipinski definition) is 7. The quantitative estimate of drug-likeness (QED) is 0.562. The Kier molecular flexibility index (Phi) is 4.94. The number of nitrogens with zero attached hydrogens (tertiary/aromatic N) is 2. The van der Waals surface area contributed by atoms with Gasteiger partial charge in [0.05, 0.1) is 23.8 Å². The lowest BCUT2D eigenvalue weighted by atomic mass is 10.1. The molecule has 0 saturated carbocycles. The fraction of sp³-hybridized carbons (Fsp3) is 0.368. The van der Waals surface area contributed by atoms with Gasteiger partial charge in [-0.2, -0.15) is 4.98 Å². The number of aromatic nitrogens is 3. The van der Waals surface area contributed by atoms with Gasteiger partial charge in [0, 0.05) is 12.1 Å². The molecule has 30 heavy (non-hydrogen) atoms. The number of fused-ring (bicyclic) bond motifs is 2. The summed E-state index contributed by atoms with van der Waals surface area (Å²) in [6.07, 6.45) is -1.87. The van der Waals surface area contributed by atoms with E-state index in [1.165, 1.54) is 0 Å². The van der Waals surface area contributed by atoms with E-state index in [9.17, 15) is 13.9 Å². The molecular formula is C19H17ClF2N4O4. The van der Waals surface area contributed by atoms with E-state index in [1.54, 1.807) is 6.07 Å². The highest BCUT2D eigenvalue weighted by molar-refractivity contribution is 6.33. The molecule has 0 radical (unpaired) electrons. The third-order valence-corrected chi connectivity index (χ3v) is 5.39. The van der Waals surface area contributed by atoms with Gasteiger partial charge in [-0.05, 0) is 24.3 Å². The first-order chi connectivity index (χ1) is 14.5. The van der Waals surface area contributed by atoms with Gasteiger partial charge in [-0.1, -0.05) is 11.6 Å². The van der Waals surface area contributed by atoms with Gasteiger partial charge in [0.15, 0.2) is 11.8 Å². The number of H-pyrrole nitrogens is 1. The molecule has 2 saturated heterocycles. The maximum atomic E-state index is 13.8. The number of rotatable bonds is 5. The van der Waals surface area contributed by atoms with Crippen molar-refractivity contribution in [2.45, 2.75) is 31.0 Å². The molecule has 2 aromatic heterocycles. The topological polar surface area (TPSA) is 102 Å². The fourth-order valence-corrected chi connectivity index (χ4v) is 3.84. The van der Waals surface area contributed by atoms with Crippen LogP contribution in [0.2, 0.25) is 5.02 Å². The number of halogens is 3. The van der Waals surface area contributed by atoms with Gasteiger partial charge in [0.2, 0.25) is 0 Å². The monoisotopic (exact) mass is 438 g/mol. The lowest BCUT2D eigenvalue weighted by Gasteiger charge is -2.15. The molecule has 3 N–H and O–H groups in total. The summed E-state index contributed by atoms with van der Waals surface area (Å²) in [6.45, 7) is 0.467. The van der Waals surface area contributed by atoms with Crippen molar-refractivity contribution in [3.63, 3.8) is 0 Å². The molecule has 8 nitrogen and oxygen atoms in total.